The van der Waals surface area contributed by atoms with Crippen LogP contribution >= 0.6 is 12.4 Å². The molecule has 0 aliphatic heterocycles. The molecule has 1 atom stereocenters. The van der Waals surface area contributed by atoms with E-state index in [2.05, 4.69) is 0 Å². The summed E-state index contributed by atoms with van der Waals surface area (Å²) in [5.41, 5.74) is 6.29. The first-order valence-corrected chi connectivity index (χ1v) is 5.24. The van der Waals surface area contributed by atoms with E-state index >= 15 is 0 Å². The highest BCUT2D eigenvalue weighted by Crippen LogP contribution is 2.06. The van der Waals surface area contributed by atoms with Crippen LogP contribution in [-0.4, -0.2) is 30.4 Å². The molecule has 0 spiro atoms. The molecule has 0 fully saturated rings. The van der Waals surface area contributed by atoms with Crippen molar-refractivity contribution in [1.29, 1.82) is 0 Å². The number of amides is 1. The highest BCUT2D eigenvalue weighted by molar-refractivity contribution is 5.85. The van der Waals surface area contributed by atoms with Gasteiger partial charge in [-0.3, -0.25) is 4.79 Å². The fourth-order valence-electron chi connectivity index (χ4n) is 1.31. The van der Waals surface area contributed by atoms with Crippen LogP contribution in [0.25, 0.3) is 0 Å². The first-order chi connectivity index (χ1) is 7.54. The lowest BCUT2D eigenvalue weighted by Gasteiger charge is -2.23. The molecule has 0 aliphatic carbocycles. The summed E-state index contributed by atoms with van der Waals surface area (Å²) in [5.74, 6) is -0.301. The van der Waals surface area contributed by atoms with Crippen LogP contribution in [0.5, 0.6) is 0 Å². The molecule has 1 unspecified atom stereocenters. The van der Waals surface area contributed by atoms with Crippen molar-refractivity contribution in [2.45, 2.75) is 19.4 Å². The van der Waals surface area contributed by atoms with Crippen LogP contribution in [0.1, 0.15) is 12.5 Å². The average Bonchev–Trinajstić information content (AvgIpc) is 2.30. The van der Waals surface area contributed by atoms with Crippen molar-refractivity contribution in [3.8, 4) is 0 Å². The molecule has 3 nitrogen and oxygen atoms in total. The Morgan fingerprint density at radius 3 is 2.41 bits per heavy atom. The van der Waals surface area contributed by atoms with Crippen molar-refractivity contribution in [3.63, 3.8) is 0 Å². The molecule has 2 N–H and O–H groups in total. The molecule has 0 aromatic heterocycles. The van der Waals surface area contributed by atoms with Gasteiger partial charge in [0.05, 0.1) is 6.42 Å². The number of nitrogens with two attached hydrogens (primary N) is 1. The summed E-state index contributed by atoms with van der Waals surface area (Å²) in [7, 11) is 1.73. The van der Waals surface area contributed by atoms with E-state index in [0.717, 1.165) is 5.56 Å². The van der Waals surface area contributed by atoms with Gasteiger partial charge in [0.2, 0.25) is 5.91 Å². The highest BCUT2D eigenvalue weighted by Gasteiger charge is 2.14. The van der Waals surface area contributed by atoms with E-state index in [0.29, 0.717) is 6.54 Å². The van der Waals surface area contributed by atoms with Gasteiger partial charge in [-0.05, 0) is 24.6 Å². The van der Waals surface area contributed by atoms with E-state index in [9.17, 15) is 9.18 Å². The third-order valence-electron chi connectivity index (χ3n) is 2.66. The molecule has 0 saturated heterocycles. The second-order valence-electron chi connectivity index (χ2n) is 3.89. The van der Waals surface area contributed by atoms with Gasteiger partial charge in [-0.1, -0.05) is 12.1 Å². The lowest BCUT2D eigenvalue weighted by molar-refractivity contribution is -0.130. The van der Waals surface area contributed by atoms with Crippen molar-refractivity contribution in [1.82, 2.24) is 4.90 Å². The van der Waals surface area contributed by atoms with Gasteiger partial charge >= 0.3 is 0 Å². The fraction of sp³-hybridized carbons (Fsp3) is 0.417. The van der Waals surface area contributed by atoms with Crippen LogP contribution < -0.4 is 5.73 Å². The molecule has 1 aromatic carbocycles. The molecule has 1 aromatic rings. The van der Waals surface area contributed by atoms with Crippen LogP contribution in [0, 0.1) is 5.82 Å². The highest BCUT2D eigenvalue weighted by atomic mass is 35.5. The summed E-state index contributed by atoms with van der Waals surface area (Å²) < 4.78 is 12.7. The van der Waals surface area contributed by atoms with E-state index in [1.165, 1.54) is 12.1 Å². The number of rotatable bonds is 4. The third-order valence-corrected chi connectivity index (χ3v) is 2.66. The maximum Gasteiger partial charge on any atom is 0.227 e. The largest absolute Gasteiger partial charge is 0.341 e. The van der Waals surface area contributed by atoms with Crippen LogP contribution in [0.2, 0.25) is 0 Å². The van der Waals surface area contributed by atoms with Crippen LogP contribution in [-0.2, 0) is 11.2 Å². The lowest BCUT2D eigenvalue weighted by Crippen LogP contribution is -2.40. The van der Waals surface area contributed by atoms with Crippen molar-refractivity contribution in [3.05, 3.63) is 35.6 Å². The molecule has 0 saturated carbocycles. The van der Waals surface area contributed by atoms with Crippen molar-refractivity contribution < 1.29 is 9.18 Å². The van der Waals surface area contributed by atoms with Crippen LogP contribution in [0.4, 0.5) is 4.39 Å². The predicted octanol–water partition coefficient (Wildman–Crippen LogP) is 1.60. The maximum absolute atomic E-state index is 12.7. The average molecular weight is 261 g/mol. The molecule has 0 radical (unpaired) electrons. The molecule has 0 heterocycles. The first kappa shape index (κ1) is 15.9. The SMILES string of the molecule is CC(CN)N(C)C(=O)Cc1ccc(F)cc1.Cl. The first-order valence-electron chi connectivity index (χ1n) is 5.24. The number of nitrogens with zero attached hydrogens (tertiary/aromatic N) is 1. The molecule has 1 rings (SSSR count). The van der Waals surface area contributed by atoms with Gasteiger partial charge in [-0.2, -0.15) is 0 Å². The number of benzene rings is 1. The quantitative estimate of drug-likeness (QED) is 0.894. The summed E-state index contributed by atoms with van der Waals surface area (Å²) in [6, 6.07) is 5.97. The zero-order chi connectivity index (χ0) is 12.1. The van der Waals surface area contributed by atoms with E-state index in [1.807, 2.05) is 6.92 Å². The zero-order valence-corrected chi connectivity index (χ0v) is 10.8. The number of carbonyl (C=O) groups excluding carboxylic acids is 1. The van der Waals surface area contributed by atoms with Crippen LogP contribution in [0.3, 0.4) is 0 Å². The Kier molecular flexibility index (Phi) is 6.76. The molecule has 96 valence electrons. The Labute approximate surface area is 107 Å². The number of halogens is 2. The Balaban J connectivity index is 0.00000256. The molecule has 0 bridgehead atoms. The molecular formula is C12H18ClFN2O. The van der Waals surface area contributed by atoms with Gasteiger partial charge in [0.1, 0.15) is 5.82 Å². The van der Waals surface area contributed by atoms with Gasteiger partial charge in [-0.25, -0.2) is 4.39 Å². The minimum Gasteiger partial charge on any atom is -0.341 e. The summed E-state index contributed by atoms with van der Waals surface area (Å²) in [4.78, 5) is 13.4. The summed E-state index contributed by atoms with van der Waals surface area (Å²) in [6.45, 7) is 2.33. The topological polar surface area (TPSA) is 46.3 Å². The summed E-state index contributed by atoms with van der Waals surface area (Å²) in [5, 5.41) is 0. The third kappa shape index (κ3) is 4.71. The minimum atomic E-state index is -0.292. The number of hydrogen-bond donors (Lipinski definition) is 1. The molecular weight excluding hydrogens is 243 g/mol. The Morgan fingerprint density at radius 2 is 1.94 bits per heavy atom. The standard InChI is InChI=1S/C12H17FN2O.ClH/c1-9(8-14)15(2)12(16)7-10-3-5-11(13)6-4-10;/h3-6,9H,7-8,14H2,1-2H3;1H. The van der Waals surface area contributed by atoms with Gasteiger partial charge in [0, 0.05) is 19.6 Å². The Morgan fingerprint density at radius 1 is 1.41 bits per heavy atom. The molecule has 0 aliphatic rings. The van der Waals surface area contributed by atoms with E-state index < -0.39 is 0 Å². The van der Waals surface area contributed by atoms with Crippen molar-refractivity contribution >= 4 is 18.3 Å². The monoisotopic (exact) mass is 260 g/mol. The van der Waals surface area contributed by atoms with Crippen molar-refractivity contribution in [2.75, 3.05) is 13.6 Å². The van der Waals surface area contributed by atoms with Crippen LogP contribution in [0.15, 0.2) is 24.3 Å². The van der Waals surface area contributed by atoms with E-state index in [1.54, 1.807) is 24.1 Å². The second-order valence-corrected chi connectivity index (χ2v) is 3.89. The molecule has 5 heteroatoms. The second kappa shape index (κ2) is 7.25. The fourth-order valence-corrected chi connectivity index (χ4v) is 1.31. The lowest BCUT2D eigenvalue weighted by atomic mass is 10.1. The summed E-state index contributed by atoms with van der Waals surface area (Å²) >= 11 is 0. The predicted molar refractivity (Wildman–Crippen MR) is 68.6 cm³/mol. The van der Waals surface area contributed by atoms with Gasteiger partial charge in [0.25, 0.3) is 0 Å². The smallest absolute Gasteiger partial charge is 0.227 e. The van der Waals surface area contributed by atoms with Gasteiger partial charge in [-0.15, -0.1) is 12.4 Å². The summed E-state index contributed by atoms with van der Waals surface area (Å²) in [6.07, 6.45) is 0.279. The number of carbonyl (C=O) groups is 1. The number of likely N-dealkylation sites (N-methyl/N-ethyl adjacent to an activating group) is 1. The minimum absolute atomic E-state index is 0. The zero-order valence-electron chi connectivity index (χ0n) is 10.0. The van der Waals surface area contributed by atoms with Gasteiger partial charge < -0.3 is 10.6 Å². The van der Waals surface area contributed by atoms with Crippen molar-refractivity contribution in [2.24, 2.45) is 5.73 Å². The molecule has 17 heavy (non-hydrogen) atoms. The molecule has 1 amide bonds. The Bertz CT molecular complexity index is 356. The maximum atomic E-state index is 12.7. The van der Waals surface area contributed by atoms with E-state index in [4.69, 9.17) is 5.73 Å². The van der Waals surface area contributed by atoms with Gasteiger partial charge in [0.15, 0.2) is 0 Å². The number of hydrogen-bond acceptors (Lipinski definition) is 2. The van der Waals surface area contributed by atoms with E-state index in [-0.39, 0.29) is 36.6 Å². The Hall–Kier alpha value is -1.13. The normalized spacial score (nSPS) is 11.5.